The van der Waals surface area contributed by atoms with E-state index < -0.39 is 5.54 Å². The maximum absolute atomic E-state index is 13.8. The van der Waals surface area contributed by atoms with Crippen LogP contribution in [0.15, 0.2) is 60.7 Å². The quantitative estimate of drug-likeness (QED) is 0.494. The lowest BCUT2D eigenvalue weighted by molar-refractivity contribution is -0.133. The third kappa shape index (κ3) is 4.68. The average Bonchev–Trinajstić information content (AvgIpc) is 3.29. The molecule has 34 heavy (non-hydrogen) atoms. The van der Waals surface area contributed by atoms with Crippen LogP contribution >= 0.6 is 0 Å². The highest BCUT2D eigenvalue weighted by Gasteiger charge is 2.47. The van der Waals surface area contributed by atoms with Crippen LogP contribution in [-0.2, 0) is 22.6 Å². The van der Waals surface area contributed by atoms with Gasteiger partial charge in [-0.05, 0) is 37.1 Å². The third-order valence-corrected chi connectivity index (χ3v) is 6.14. The van der Waals surface area contributed by atoms with Crippen molar-refractivity contribution in [2.24, 2.45) is 0 Å². The Hall–Kier alpha value is -3.65. The molecule has 0 spiro atoms. The zero-order valence-corrected chi connectivity index (χ0v) is 19.8. The van der Waals surface area contributed by atoms with E-state index in [2.05, 4.69) is 10.4 Å². The molecule has 1 N–H and O–H groups in total. The maximum atomic E-state index is 13.8. The number of amides is 2. The fourth-order valence-electron chi connectivity index (χ4n) is 4.20. The van der Waals surface area contributed by atoms with Crippen LogP contribution in [0.25, 0.3) is 11.3 Å². The SMILES string of the molecule is COCCCNC(=O)C1(C)Cn2nc(-c3ccccc3)cc2C(=O)N1Cc1cccc(OC)c1. The zero-order valence-electron chi connectivity index (χ0n) is 19.8. The predicted molar refractivity (Wildman–Crippen MR) is 128 cm³/mol. The molecule has 0 saturated carbocycles. The van der Waals surface area contributed by atoms with Gasteiger partial charge in [-0.3, -0.25) is 14.3 Å². The Labute approximate surface area is 199 Å². The number of ether oxygens (including phenoxy) is 2. The van der Waals surface area contributed by atoms with Crippen LogP contribution in [0.4, 0.5) is 0 Å². The molecule has 0 radical (unpaired) electrons. The smallest absolute Gasteiger partial charge is 0.273 e. The number of nitrogens with one attached hydrogen (secondary N) is 1. The van der Waals surface area contributed by atoms with Crippen molar-refractivity contribution in [2.45, 2.75) is 32.0 Å². The Bertz CT molecular complexity index is 1160. The van der Waals surface area contributed by atoms with Crippen molar-refractivity contribution in [3.8, 4) is 17.0 Å². The van der Waals surface area contributed by atoms with Gasteiger partial charge in [0.2, 0.25) is 5.91 Å². The molecule has 1 unspecified atom stereocenters. The molecule has 1 aliphatic heterocycles. The predicted octanol–water partition coefficient (Wildman–Crippen LogP) is 3.13. The van der Waals surface area contributed by atoms with E-state index in [1.165, 1.54) is 0 Å². The molecule has 178 valence electrons. The summed E-state index contributed by atoms with van der Waals surface area (Å²) in [6.07, 6.45) is 0.688. The minimum absolute atomic E-state index is 0.220. The number of rotatable bonds is 9. The van der Waals surface area contributed by atoms with Crippen molar-refractivity contribution in [3.63, 3.8) is 0 Å². The minimum atomic E-state index is -1.12. The number of benzene rings is 2. The normalized spacial score (nSPS) is 17.4. The highest BCUT2D eigenvalue weighted by molar-refractivity contribution is 6.00. The molecule has 0 bridgehead atoms. The summed E-state index contributed by atoms with van der Waals surface area (Å²) in [6, 6.07) is 19.0. The van der Waals surface area contributed by atoms with Gasteiger partial charge in [0.1, 0.15) is 17.0 Å². The van der Waals surface area contributed by atoms with Gasteiger partial charge in [0.05, 0.1) is 19.3 Å². The Morgan fingerprint density at radius 2 is 1.91 bits per heavy atom. The number of nitrogens with zero attached hydrogens (tertiary/aromatic N) is 3. The topological polar surface area (TPSA) is 85.7 Å². The van der Waals surface area contributed by atoms with E-state index >= 15 is 0 Å². The Morgan fingerprint density at radius 3 is 2.65 bits per heavy atom. The molecule has 3 aromatic rings. The van der Waals surface area contributed by atoms with Crippen LogP contribution in [0, 0.1) is 0 Å². The van der Waals surface area contributed by atoms with Crippen molar-refractivity contribution in [1.29, 1.82) is 0 Å². The van der Waals surface area contributed by atoms with Crippen LogP contribution in [0.2, 0.25) is 0 Å². The maximum Gasteiger partial charge on any atom is 0.273 e. The molecule has 0 saturated heterocycles. The summed E-state index contributed by atoms with van der Waals surface area (Å²) >= 11 is 0. The molecule has 1 aliphatic rings. The minimum Gasteiger partial charge on any atom is -0.497 e. The molecule has 8 nitrogen and oxygen atoms in total. The number of hydrogen-bond acceptors (Lipinski definition) is 5. The average molecular weight is 463 g/mol. The van der Waals surface area contributed by atoms with E-state index in [0.717, 1.165) is 11.1 Å². The number of carbonyl (C=O) groups excluding carboxylic acids is 2. The summed E-state index contributed by atoms with van der Waals surface area (Å²) in [5.74, 6) is 0.240. The summed E-state index contributed by atoms with van der Waals surface area (Å²) in [4.78, 5) is 28.8. The number of methoxy groups -OCH3 is 2. The second kappa shape index (κ2) is 10.1. The van der Waals surface area contributed by atoms with Crippen LogP contribution in [-0.4, -0.2) is 59.4 Å². The molecular weight excluding hydrogens is 432 g/mol. The summed E-state index contributed by atoms with van der Waals surface area (Å²) in [5.41, 5.74) is 1.84. The first-order chi connectivity index (χ1) is 16.5. The van der Waals surface area contributed by atoms with Crippen LogP contribution in [0.3, 0.4) is 0 Å². The second-order valence-electron chi connectivity index (χ2n) is 8.56. The van der Waals surface area contributed by atoms with E-state index in [9.17, 15) is 9.59 Å². The molecule has 0 fully saturated rings. The van der Waals surface area contributed by atoms with E-state index in [-0.39, 0.29) is 24.9 Å². The van der Waals surface area contributed by atoms with Gasteiger partial charge in [-0.2, -0.15) is 5.10 Å². The van der Waals surface area contributed by atoms with Crippen molar-refractivity contribution in [3.05, 3.63) is 71.9 Å². The van der Waals surface area contributed by atoms with Gasteiger partial charge in [0.15, 0.2) is 0 Å². The number of hydrogen-bond donors (Lipinski definition) is 1. The largest absolute Gasteiger partial charge is 0.497 e. The number of carbonyl (C=O) groups is 2. The van der Waals surface area contributed by atoms with Gasteiger partial charge >= 0.3 is 0 Å². The van der Waals surface area contributed by atoms with Gasteiger partial charge in [-0.25, -0.2) is 0 Å². The molecule has 2 aromatic carbocycles. The molecule has 4 rings (SSSR count). The van der Waals surface area contributed by atoms with Gasteiger partial charge < -0.3 is 19.7 Å². The standard InChI is InChI=1S/C26H30N4O4/c1-26(25(32)27-13-8-14-33-2)18-30-23(16-22(28-30)20-10-5-4-6-11-20)24(31)29(26)17-19-9-7-12-21(15-19)34-3/h4-7,9-12,15-16H,8,13-14,17-18H2,1-3H3,(H,27,32). The summed E-state index contributed by atoms with van der Waals surface area (Å²) in [5, 5.41) is 7.65. The molecule has 1 atom stereocenters. The van der Waals surface area contributed by atoms with E-state index in [1.807, 2.05) is 54.6 Å². The monoisotopic (exact) mass is 462 g/mol. The van der Waals surface area contributed by atoms with E-state index in [0.29, 0.717) is 36.7 Å². The first kappa shape index (κ1) is 23.5. The second-order valence-corrected chi connectivity index (χ2v) is 8.56. The van der Waals surface area contributed by atoms with Crippen molar-refractivity contribution in [1.82, 2.24) is 20.0 Å². The Kier molecular flexibility index (Phi) is 6.98. The van der Waals surface area contributed by atoms with Crippen LogP contribution in [0.5, 0.6) is 5.75 Å². The van der Waals surface area contributed by atoms with Crippen molar-refractivity contribution in [2.75, 3.05) is 27.4 Å². The van der Waals surface area contributed by atoms with Gasteiger partial charge in [0.25, 0.3) is 5.91 Å². The molecule has 8 heteroatoms. The van der Waals surface area contributed by atoms with Gasteiger partial charge in [0, 0.05) is 32.4 Å². The molecule has 2 amide bonds. The van der Waals surface area contributed by atoms with Crippen molar-refractivity contribution >= 4 is 11.8 Å². The zero-order chi connectivity index (χ0) is 24.1. The lowest BCUT2D eigenvalue weighted by atomic mass is 9.94. The Balaban J connectivity index is 1.69. The van der Waals surface area contributed by atoms with E-state index in [1.54, 1.807) is 36.8 Å². The Morgan fingerprint density at radius 1 is 1.12 bits per heavy atom. The van der Waals surface area contributed by atoms with Crippen molar-refractivity contribution < 1.29 is 19.1 Å². The highest BCUT2D eigenvalue weighted by Crippen LogP contribution is 2.32. The van der Waals surface area contributed by atoms with Gasteiger partial charge in [-0.1, -0.05) is 42.5 Å². The van der Waals surface area contributed by atoms with Crippen LogP contribution in [0.1, 0.15) is 29.4 Å². The molecule has 2 heterocycles. The molecule has 0 aliphatic carbocycles. The first-order valence-corrected chi connectivity index (χ1v) is 11.3. The van der Waals surface area contributed by atoms with Gasteiger partial charge in [-0.15, -0.1) is 0 Å². The lowest BCUT2D eigenvalue weighted by Crippen LogP contribution is -2.63. The first-order valence-electron chi connectivity index (χ1n) is 11.3. The summed E-state index contributed by atoms with van der Waals surface area (Å²) in [6.45, 7) is 3.33. The lowest BCUT2D eigenvalue weighted by Gasteiger charge is -2.43. The summed E-state index contributed by atoms with van der Waals surface area (Å²) in [7, 11) is 3.23. The third-order valence-electron chi connectivity index (χ3n) is 6.14. The van der Waals surface area contributed by atoms with E-state index in [4.69, 9.17) is 9.47 Å². The highest BCUT2D eigenvalue weighted by atomic mass is 16.5. The fourth-order valence-corrected chi connectivity index (χ4v) is 4.20. The van der Waals surface area contributed by atoms with Crippen LogP contribution < -0.4 is 10.1 Å². The fraction of sp³-hybridized carbons (Fsp3) is 0.346. The number of fused-ring (bicyclic) bond motifs is 1. The molecule has 1 aromatic heterocycles. The number of aromatic nitrogens is 2. The molecular formula is C26H30N4O4. The summed E-state index contributed by atoms with van der Waals surface area (Å²) < 4.78 is 12.1.